The second-order valence-electron chi connectivity index (χ2n) is 4.98. The van der Waals surface area contributed by atoms with Crippen LogP contribution in [-0.2, 0) is 0 Å². The molecule has 1 heterocycles. The van der Waals surface area contributed by atoms with Gasteiger partial charge < -0.3 is 0 Å². The molecule has 0 fully saturated rings. The van der Waals surface area contributed by atoms with Gasteiger partial charge in [0.25, 0.3) is 0 Å². The zero-order valence-electron chi connectivity index (χ0n) is 11.8. The van der Waals surface area contributed by atoms with E-state index < -0.39 is 0 Å². The third kappa shape index (κ3) is 3.56. The molecule has 0 bridgehead atoms. The van der Waals surface area contributed by atoms with Crippen LogP contribution >= 0.6 is 11.8 Å². The summed E-state index contributed by atoms with van der Waals surface area (Å²) < 4.78 is 2.72. The minimum atomic E-state index is 0.220. The summed E-state index contributed by atoms with van der Waals surface area (Å²) in [6, 6.07) is 8.93. The van der Waals surface area contributed by atoms with Gasteiger partial charge in [-0.3, -0.25) is 0 Å². The van der Waals surface area contributed by atoms with Crippen LogP contribution in [0.1, 0.15) is 37.5 Å². The van der Waals surface area contributed by atoms with Crippen LogP contribution in [0.4, 0.5) is 0 Å². The molecule has 0 aromatic heterocycles. The normalized spacial score (nSPS) is 20.9. The maximum absolute atomic E-state index is 11.9. The molecule has 2 nitrogen and oxygen atoms in total. The summed E-state index contributed by atoms with van der Waals surface area (Å²) >= 11 is 2.29. The van der Waals surface area contributed by atoms with Gasteiger partial charge in [-0.1, -0.05) is 0 Å². The van der Waals surface area contributed by atoms with Crippen molar-refractivity contribution in [3.8, 4) is 0 Å². The molecular weight excluding hydrogens is 321 g/mol. The first-order valence-corrected chi connectivity index (χ1v) is 10.0. The summed E-state index contributed by atoms with van der Waals surface area (Å²) in [5, 5.41) is 13.5. The molecular formula is C15H21NOSSe. The average molecular weight is 342 g/mol. The van der Waals surface area contributed by atoms with E-state index in [0.717, 1.165) is 23.9 Å². The predicted molar refractivity (Wildman–Crippen MR) is 85.9 cm³/mol. The first-order valence-electron chi connectivity index (χ1n) is 6.66. The number of benzene rings is 1. The molecule has 0 saturated heterocycles. The topological polar surface area (TPSA) is 26.1 Å². The predicted octanol–water partition coefficient (Wildman–Crippen LogP) is 2.99. The molecule has 104 valence electrons. The van der Waals surface area contributed by atoms with E-state index in [1.807, 2.05) is 18.7 Å². The molecule has 1 aliphatic heterocycles. The summed E-state index contributed by atoms with van der Waals surface area (Å²) in [5.74, 6) is 0. The van der Waals surface area contributed by atoms with E-state index in [2.05, 4.69) is 37.4 Å². The van der Waals surface area contributed by atoms with Gasteiger partial charge in [0.05, 0.1) is 0 Å². The van der Waals surface area contributed by atoms with Crippen LogP contribution in [0.5, 0.6) is 0 Å². The van der Waals surface area contributed by atoms with E-state index in [1.165, 1.54) is 14.8 Å². The Morgan fingerprint density at radius 3 is 2.84 bits per heavy atom. The van der Waals surface area contributed by atoms with Gasteiger partial charge in [-0.15, -0.1) is 0 Å². The summed E-state index contributed by atoms with van der Waals surface area (Å²) in [5.41, 5.74) is 2.46. The van der Waals surface area contributed by atoms with Crippen molar-refractivity contribution < 1.29 is 4.74 Å². The molecule has 2 atom stereocenters. The van der Waals surface area contributed by atoms with Crippen LogP contribution in [0.2, 0.25) is 5.32 Å². The van der Waals surface area contributed by atoms with Gasteiger partial charge in [0.15, 0.2) is 0 Å². The zero-order chi connectivity index (χ0) is 13.8. The Morgan fingerprint density at radius 1 is 1.47 bits per heavy atom. The Labute approximate surface area is 126 Å². The summed E-state index contributed by atoms with van der Waals surface area (Å²) in [6.07, 6.45) is 4.17. The maximum atomic E-state index is 11.9. The SMILES string of the molecule is CS[C@@H](C)c1ccccc1[Se]CC1CCC(C)=[N+]1[O-]. The molecule has 1 unspecified atom stereocenters. The Kier molecular flexibility index (Phi) is 5.37. The Hall–Kier alpha value is -0.441. The van der Waals surface area contributed by atoms with Gasteiger partial charge in [-0.2, -0.15) is 0 Å². The first-order chi connectivity index (χ1) is 9.13. The Balaban J connectivity index is 2.04. The van der Waals surface area contributed by atoms with E-state index in [9.17, 15) is 5.21 Å². The fourth-order valence-electron chi connectivity index (χ4n) is 2.33. The number of rotatable bonds is 5. The second kappa shape index (κ2) is 6.83. The molecule has 2 rings (SSSR count). The van der Waals surface area contributed by atoms with E-state index in [1.54, 1.807) is 0 Å². The third-order valence-corrected chi connectivity index (χ3v) is 7.24. The van der Waals surface area contributed by atoms with Gasteiger partial charge in [0.1, 0.15) is 0 Å². The van der Waals surface area contributed by atoms with Crippen LogP contribution in [0.15, 0.2) is 24.3 Å². The van der Waals surface area contributed by atoms with Crippen LogP contribution in [0.25, 0.3) is 0 Å². The van der Waals surface area contributed by atoms with E-state index in [4.69, 9.17) is 0 Å². The van der Waals surface area contributed by atoms with Gasteiger partial charge in [0.2, 0.25) is 0 Å². The second-order valence-corrected chi connectivity index (χ2v) is 8.39. The molecule has 0 amide bonds. The zero-order valence-corrected chi connectivity index (χ0v) is 14.3. The molecule has 0 radical (unpaired) electrons. The van der Waals surface area contributed by atoms with Crippen molar-refractivity contribution in [1.82, 2.24) is 0 Å². The molecule has 0 spiro atoms. The van der Waals surface area contributed by atoms with Crippen molar-refractivity contribution in [2.45, 2.75) is 43.3 Å². The molecule has 1 aliphatic rings. The molecule has 4 heteroatoms. The molecule has 0 saturated carbocycles. The Morgan fingerprint density at radius 2 is 2.21 bits per heavy atom. The van der Waals surface area contributed by atoms with Crippen molar-refractivity contribution >= 4 is 36.9 Å². The standard InChI is InChI=1S/C15H21NOSSe/c1-11-8-9-13(16(11)17)10-19-15-7-5-4-6-14(15)12(2)18-3/h4-7,12-13H,8-10H2,1-3H3/t12-,13?/m0/s1. The molecule has 1 aromatic carbocycles. The van der Waals surface area contributed by atoms with Gasteiger partial charge in [-0.25, -0.2) is 0 Å². The summed E-state index contributed by atoms with van der Waals surface area (Å²) in [6.45, 7) is 4.22. The van der Waals surface area contributed by atoms with Gasteiger partial charge in [-0.05, 0) is 0 Å². The van der Waals surface area contributed by atoms with Gasteiger partial charge in [0, 0.05) is 0 Å². The molecule has 0 aliphatic carbocycles. The summed E-state index contributed by atoms with van der Waals surface area (Å²) in [4.78, 5) is 0. The number of hydrogen-bond acceptors (Lipinski definition) is 2. The van der Waals surface area contributed by atoms with E-state index >= 15 is 0 Å². The van der Waals surface area contributed by atoms with Crippen molar-refractivity contribution in [2.75, 3.05) is 6.26 Å². The van der Waals surface area contributed by atoms with Gasteiger partial charge >= 0.3 is 126 Å². The van der Waals surface area contributed by atoms with Crippen LogP contribution in [-0.4, -0.2) is 37.7 Å². The number of thioether (sulfide) groups is 1. The monoisotopic (exact) mass is 343 g/mol. The number of hydrogen-bond donors (Lipinski definition) is 0. The van der Waals surface area contributed by atoms with Crippen molar-refractivity contribution in [2.24, 2.45) is 0 Å². The summed E-state index contributed by atoms with van der Waals surface area (Å²) in [7, 11) is 0. The number of nitrogens with zero attached hydrogens (tertiary/aromatic N) is 1. The fraction of sp³-hybridized carbons (Fsp3) is 0.533. The average Bonchev–Trinajstić information content (AvgIpc) is 2.76. The minimum absolute atomic E-state index is 0.220. The quantitative estimate of drug-likeness (QED) is 0.467. The van der Waals surface area contributed by atoms with Crippen molar-refractivity contribution in [1.29, 1.82) is 0 Å². The van der Waals surface area contributed by atoms with Crippen LogP contribution in [0, 0.1) is 5.21 Å². The van der Waals surface area contributed by atoms with Crippen LogP contribution in [0.3, 0.4) is 0 Å². The number of hydroxylamine groups is 1. The third-order valence-electron chi connectivity index (χ3n) is 3.69. The van der Waals surface area contributed by atoms with Crippen LogP contribution < -0.4 is 4.46 Å². The Bertz CT molecular complexity index is 475. The van der Waals surface area contributed by atoms with E-state index in [-0.39, 0.29) is 6.04 Å². The molecule has 19 heavy (non-hydrogen) atoms. The molecule has 0 N–H and O–H groups in total. The van der Waals surface area contributed by atoms with Crippen molar-refractivity contribution in [3.63, 3.8) is 0 Å². The fourth-order valence-corrected chi connectivity index (χ4v) is 5.60. The first kappa shape index (κ1) is 15.0. The van der Waals surface area contributed by atoms with E-state index in [0.29, 0.717) is 20.2 Å². The molecule has 1 aromatic rings. The van der Waals surface area contributed by atoms with Crippen molar-refractivity contribution in [3.05, 3.63) is 35.0 Å².